The minimum atomic E-state index is -0.942. The monoisotopic (exact) mass is 358 g/mol. The molecule has 0 bridgehead atoms. The molecule has 8 heteroatoms. The van der Waals surface area contributed by atoms with Crippen LogP contribution in [0.2, 0.25) is 0 Å². The molecule has 1 aliphatic rings. The van der Waals surface area contributed by atoms with Crippen LogP contribution < -0.4 is 15.8 Å². The molecule has 2 aromatic carbocycles. The highest BCUT2D eigenvalue weighted by molar-refractivity contribution is 5.94. The third kappa shape index (κ3) is 3.23. The van der Waals surface area contributed by atoms with Crippen LogP contribution in [-0.4, -0.2) is 29.3 Å². The molecule has 0 aliphatic carbocycles. The maximum absolute atomic E-state index is 13.4. The quantitative estimate of drug-likeness (QED) is 0.696. The molecular formula is C18H16F2N4O2. The van der Waals surface area contributed by atoms with Crippen LogP contribution >= 0.6 is 0 Å². The third-order valence-corrected chi connectivity index (χ3v) is 4.13. The first kappa shape index (κ1) is 16.5. The number of aromatic nitrogens is 2. The van der Waals surface area contributed by atoms with Crippen molar-refractivity contribution in [1.29, 1.82) is 0 Å². The lowest BCUT2D eigenvalue weighted by molar-refractivity contribution is 0.142. The fourth-order valence-electron chi connectivity index (χ4n) is 2.80. The summed E-state index contributed by atoms with van der Waals surface area (Å²) in [6.07, 6.45) is 2.16. The topological polar surface area (TPSA) is 82.3 Å². The smallest absolute Gasteiger partial charge is 0.160 e. The minimum absolute atomic E-state index is 0.0311. The SMILES string of the molecule is Nc1cc2c(Nc3ccc(F)c(F)c3)ncnc2cc1O[C@H]1CCOC1. The highest BCUT2D eigenvalue weighted by atomic mass is 19.2. The number of nitrogens with zero attached hydrogens (tertiary/aromatic N) is 2. The van der Waals surface area contributed by atoms with Gasteiger partial charge in [0.15, 0.2) is 11.6 Å². The molecule has 1 saturated heterocycles. The lowest BCUT2D eigenvalue weighted by atomic mass is 10.2. The number of hydrogen-bond donors (Lipinski definition) is 2. The van der Waals surface area contributed by atoms with E-state index >= 15 is 0 Å². The number of anilines is 3. The highest BCUT2D eigenvalue weighted by Crippen LogP contribution is 2.32. The Balaban J connectivity index is 1.67. The van der Waals surface area contributed by atoms with Crippen molar-refractivity contribution in [2.24, 2.45) is 0 Å². The van der Waals surface area contributed by atoms with Gasteiger partial charge in [0.1, 0.15) is 24.0 Å². The van der Waals surface area contributed by atoms with Crippen LogP contribution in [0.25, 0.3) is 10.9 Å². The first-order chi connectivity index (χ1) is 12.6. The van der Waals surface area contributed by atoms with Gasteiger partial charge in [-0.05, 0) is 18.2 Å². The molecular weight excluding hydrogens is 342 g/mol. The molecule has 3 N–H and O–H groups in total. The fourth-order valence-corrected chi connectivity index (χ4v) is 2.80. The fraction of sp³-hybridized carbons (Fsp3) is 0.222. The zero-order valence-electron chi connectivity index (χ0n) is 13.7. The Bertz CT molecular complexity index is 961. The summed E-state index contributed by atoms with van der Waals surface area (Å²) in [5.41, 5.74) is 7.54. The molecule has 6 nitrogen and oxygen atoms in total. The maximum atomic E-state index is 13.4. The second-order valence-corrected chi connectivity index (χ2v) is 5.99. The van der Waals surface area contributed by atoms with E-state index in [9.17, 15) is 8.78 Å². The molecule has 1 aromatic heterocycles. The van der Waals surface area contributed by atoms with Gasteiger partial charge in [-0.3, -0.25) is 0 Å². The van der Waals surface area contributed by atoms with Gasteiger partial charge in [0.25, 0.3) is 0 Å². The second kappa shape index (κ2) is 6.72. The second-order valence-electron chi connectivity index (χ2n) is 5.99. The lowest BCUT2D eigenvalue weighted by Crippen LogP contribution is -2.16. The van der Waals surface area contributed by atoms with E-state index in [1.165, 1.54) is 12.4 Å². The number of hydrogen-bond acceptors (Lipinski definition) is 6. The first-order valence-corrected chi connectivity index (χ1v) is 8.11. The van der Waals surface area contributed by atoms with Gasteiger partial charge in [0.05, 0.1) is 24.4 Å². The Morgan fingerprint density at radius 2 is 2.04 bits per heavy atom. The molecule has 0 amide bonds. The van der Waals surface area contributed by atoms with Crippen LogP contribution in [0, 0.1) is 11.6 Å². The van der Waals surface area contributed by atoms with Crippen molar-refractivity contribution in [2.75, 3.05) is 24.3 Å². The number of fused-ring (bicyclic) bond motifs is 1. The summed E-state index contributed by atoms with van der Waals surface area (Å²) in [5, 5.41) is 3.60. The zero-order valence-corrected chi connectivity index (χ0v) is 13.7. The van der Waals surface area contributed by atoms with Gasteiger partial charge >= 0.3 is 0 Å². The van der Waals surface area contributed by atoms with Gasteiger partial charge in [-0.15, -0.1) is 0 Å². The minimum Gasteiger partial charge on any atom is -0.486 e. The van der Waals surface area contributed by atoms with Crippen LogP contribution in [0.1, 0.15) is 6.42 Å². The predicted molar refractivity (Wildman–Crippen MR) is 93.4 cm³/mol. The molecule has 0 radical (unpaired) electrons. The van der Waals surface area contributed by atoms with Crippen molar-refractivity contribution in [3.05, 3.63) is 48.3 Å². The number of benzene rings is 2. The standard InChI is InChI=1S/C18H16F2N4O2/c19-13-2-1-10(5-14(13)20)24-18-12-6-15(21)17(7-16(12)22-9-23-18)26-11-3-4-25-8-11/h1-2,5-7,9,11H,3-4,8,21H2,(H,22,23,24)/t11-/m0/s1. The summed E-state index contributed by atoms with van der Waals surface area (Å²) in [6.45, 7) is 1.20. The van der Waals surface area contributed by atoms with Crippen molar-refractivity contribution in [2.45, 2.75) is 12.5 Å². The molecule has 3 aromatic rings. The number of nitrogen functional groups attached to an aromatic ring is 1. The van der Waals surface area contributed by atoms with Gasteiger partial charge in [-0.25, -0.2) is 18.7 Å². The van der Waals surface area contributed by atoms with Crippen LogP contribution in [0.15, 0.2) is 36.7 Å². The van der Waals surface area contributed by atoms with Crippen molar-refractivity contribution in [3.8, 4) is 5.75 Å². The molecule has 1 fully saturated rings. The van der Waals surface area contributed by atoms with Gasteiger partial charge < -0.3 is 20.5 Å². The van der Waals surface area contributed by atoms with Gasteiger partial charge in [-0.2, -0.15) is 0 Å². The lowest BCUT2D eigenvalue weighted by Gasteiger charge is -2.15. The Morgan fingerprint density at radius 1 is 1.15 bits per heavy atom. The van der Waals surface area contributed by atoms with Gasteiger partial charge in [0, 0.05) is 29.6 Å². The molecule has 0 unspecified atom stereocenters. The average Bonchev–Trinajstić information content (AvgIpc) is 3.13. The van der Waals surface area contributed by atoms with E-state index in [4.69, 9.17) is 15.2 Å². The van der Waals surface area contributed by atoms with Crippen LogP contribution in [0.5, 0.6) is 5.75 Å². The van der Waals surface area contributed by atoms with Crippen molar-refractivity contribution < 1.29 is 18.3 Å². The Labute approximate surface area is 148 Å². The molecule has 4 rings (SSSR count). The molecule has 1 aliphatic heterocycles. The van der Waals surface area contributed by atoms with E-state index in [-0.39, 0.29) is 6.10 Å². The van der Waals surface area contributed by atoms with E-state index in [0.717, 1.165) is 18.6 Å². The van der Waals surface area contributed by atoms with E-state index in [0.29, 0.717) is 47.1 Å². The van der Waals surface area contributed by atoms with Gasteiger partial charge in [0.2, 0.25) is 0 Å². The summed E-state index contributed by atoms with van der Waals surface area (Å²) < 4.78 is 37.7. The number of ether oxygens (including phenoxy) is 2. The summed E-state index contributed by atoms with van der Waals surface area (Å²) in [7, 11) is 0. The van der Waals surface area contributed by atoms with Crippen molar-refractivity contribution >= 4 is 28.1 Å². The van der Waals surface area contributed by atoms with E-state index < -0.39 is 11.6 Å². The molecule has 26 heavy (non-hydrogen) atoms. The number of nitrogens with two attached hydrogens (primary N) is 1. The largest absolute Gasteiger partial charge is 0.486 e. The van der Waals surface area contributed by atoms with Crippen molar-refractivity contribution in [3.63, 3.8) is 0 Å². The average molecular weight is 358 g/mol. The van der Waals surface area contributed by atoms with Gasteiger partial charge in [-0.1, -0.05) is 0 Å². The number of halogens is 2. The van der Waals surface area contributed by atoms with Crippen molar-refractivity contribution in [1.82, 2.24) is 9.97 Å². The zero-order chi connectivity index (χ0) is 18.1. The maximum Gasteiger partial charge on any atom is 0.160 e. The Kier molecular flexibility index (Phi) is 4.26. The predicted octanol–water partition coefficient (Wildman–Crippen LogP) is 3.40. The molecule has 134 valence electrons. The third-order valence-electron chi connectivity index (χ3n) is 4.13. The van der Waals surface area contributed by atoms with Crippen LogP contribution in [0.3, 0.4) is 0 Å². The number of nitrogens with one attached hydrogen (secondary N) is 1. The Morgan fingerprint density at radius 3 is 2.81 bits per heavy atom. The first-order valence-electron chi connectivity index (χ1n) is 8.11. The molecule has 0 saturated carbocycles. The molecule has 0 spiro atoms. The van der Waals surface area contributed by atoms with E-state index in [1.54, 1.807) is 12.1 Å². The molecule has 1 atom stereocenters. The highest BCUT2D eigenvalue weighted by Gasteiger charge is 2.19. The van der Waals surface area contributed by atoms with Crippen LogP contribution in [0.4, 0.5) is 26.0 Å². The summed E-state index contributed by atoms with van der Waals surface area (Å²) in [5.74, 6) is -0.888. The summed E-state index contributed by atoms with van der Waals surface area (Å²) in [6, 6.07) is 6.96. The van der Waals surface area contributed by atoms with E-state index in [1.807, 2.05) is 0 Å². The van der Waals surface area contributed by atoms with E-state index in [2.05, 4.69) is 15.3 Å². The Hall–Kier alpha value is -3.00. The summed E-state index contributed by atoms with van der Waals surface area (Å²) in [4.78, 5) is 8.41. The van der Waals surface area contributed by atoms with Crippen LogP contribution in [-0.2, 0) is 4.74 Å². The number of rotatable bonds is 4. The summed E-state index contributed by atoms with van der Waals surface area (Å²) >= 11 is 0. The molecule has 2 heterocycles. The normalized spacial score (nSPS) is 16.8.